The van der Waals surface area contributed by atoms with Gasteiger partial charge in [0, 0.05) is 12.2 Å². The fourth-order valence-electron chi connectivity index (χ4n) is 3.05. The molecule has 1 fully saturated rings. The van der Waals surface area contributed by atoms with Gasteiger partial charge in [-0.1, -0.05) is 11.2 Å². The van der Waals surface area contributed by atoms with Crippen molar-refractivity contribution in [2.45, 2.75) is 44.4 Å². The summed E-state index contributed by atoms with van der Waals surface area (Å²) in [6, 6.07) is 6.15. The lowest BCUT2D eigenvalue weighted by atomic mass is 9.76. The van der Waals surface area contributed by atoms with Crippen molar-refractivity contribution < 1.29 is 27.6 Å². The molecule has 0 spiro atoms. The Morgan fingerprint density at radius 2 is 2.07 bits per heavy atom. The summed E-state index contributed by atoms with van der Waals surface area (Å²) < 4.78 is 38.8. The first-order chi connectivity index (χ1) is 13.2. The third kappa shape index (κ3) is 3.98. The number of alkyl halides is 3. The van der Waals surface area contributed by atoms with Crippen molar-refractivity contribution in [1.82, 2.24) is 24.8 Å². The molecule has 11 heteroatoms. The molecule has 0 amide bonds. The topological polar surface area (TPSA) is 106 Å². The van der Waals surface area contributed by atoms with Gasteiger partial charge < -0.3 is 14.0 Å². The van der Waals surface area contributed by atoms with Gasteiger partial charge in [0.2, 0.25) is 6.39 Å². The molecule has 0 unspecified atom stereocenters. The number of halogens is 3. The Kier molecular flexibility index (Phi) is 5.36. The van der Waals surface area contributed by atoms with E-state index in [1.165, 1.54) is 18.5 Å². The van der Waals surface area contributed by atoms with Crippen LogP contribution in [0.5, 0.6) is 0 Å². The van der Waals surface area contributed by atoms with Crippen LogP contribution in [0.4, 0.5) is 13.2 Å². The van der Waals surface area contributed by atoms with Gasteiger partial charge in [-0.3, -0.25) is 5.32 Å². The normalized spacial score (nSPS) is 15.6. The number of rotatable bonds is 4. The Balaban J connectivity index is 0.000000279. The highest BCUT2D eigenvalue weighted by Crippen LogP contribution is 2.39. The first-order valence-electron chi connectivity index (χ1n) is 8.47. The molecule has 3 aromatic rings. The zero-order valence-electron chi connectivity index (χ0n) is 14.9. The Morgan fingerprint density at radius 1 is 1.36 bits per heavy atom. The Labute approximate surface area is 157 Å². The molecule has 1 aliphatic carbocycles. The number of nitrogens with one attached hydrogen (secondary N) is 1. The highest BCUT2D eigenvalue weighted by Gasteiger charge is 2.42. The first-order valence-corrected chi connectivity index (χ1v) is 8.47. The largest absolute Gasteiger partial charge is 0.490 e. The molecule has 1 saturated carbocycles. The van der Waals surface area contributed by atoms with Gasteiger partial charge in [-0.2, -0.15) is 18.2 Å². The van der Waals surface area contributed by atoms with Crippen LogP contribution in [0.15, 0.2) is 35.3 Å². The molecule has 0 saturated heterocycles. The van der Waals surface area contributed by atoms with Crippen LogP contribution in [0.3, 0.4) is 0 Å². The van der Waals surface area contributed by atoms with Crippen molar-refractivity contribution in [3.8, 4) is 0 Å². The molecule has 0 radical (unpaired) electrons. The minimum atomic E-state index is -5.08. The highest BCUT2D eigenvalue weighted by molar-refractivity contribution is 5.73. The van der Waals surface area contributed by atoms with E-state index in [4.69, 9.17) is 14.4 Å². The molecule has 0 atom stereocenters. The van der Waals surface area contributed by atoms with E-state index < -0.39 is 12.1 Å². The molecule has 0 aromatic carbocycles. The molecule has 3 heterocycles. The van der Waals surface area contributed by atoms with Crippen LogP contribution in [-0.2, 0) is 16.9 Å². The average Bonchev–Trinajstić information content (AvgIpc) is 3.24. The van der Waals surface area contributed by atoms with E-state index in [0.29, 0.717) is 0 Å². The number of aliphatic carboxylic acids is 1. The standard InChI is InChI=1S/C15H17N5O.C2HF3O2/c1-11-4-2-5-13-16-8-12(20(11)13)9-18-15(6-3-7-15)14-17-10-21-19-14;3-2(4,5)1(6)7/h2,4-5,8,10,18H,3,6-7,9H2,1H3;(H,6,7). The SMILES string of the molecule is Cc1cccc2ncc(CNC3(c4ncon4)CCC3)n12.O=C(O)C(F)(F)F. The number of nitrogens with zero attached hydrogens (tertiary/aromatic N) is 4. The van der Waals surface area contributed by atoms with Crippen LogP contribution in [0.1, 0.15) is 36.5 Å². The molecule has 150 valence electrons. The van der Waals surface area contributed by atoms with E-state index in [1.807, 2.05) is 18.3 Å². The van der Waals surface area contributed by atoms with Gasteiger partial charge in [0.15, 0.2) is 5.82 Å². The summed E-state index contributed by atoms with van der Waals surface area (Å²) in [6.45, 7) is 2.83. The number of aryl methyl sites for hydroxylation is 1. The van der Waals surface area contributed by atoms with Crippen molar-refractivity contribution in [2.75, 3.05) is 0 Å². The first kappa shape index (κ1) is 19.8. The second kappa shape index (κ2) is 7.58. The maximum atomic E-state index is 10.6. The van der Waals surface area contributed by atoms with Gasteiger partial charge in [-0.15, -0.1) is 0 Å². The molecule has 1 aliphatic rings. The van der Waals surface area contributed by atoms with Crippen molar-refractivity contribution in [3.05, 3.63) is 48.0 Å². The van der Waals surface area contributed by atoms with Gasteiger partial charge in [-0.05, 0) is 38.3 Å². The van der Waals surface area contributed by atoms with Crippen LogP contribution in [-0.4, -0.2) is 36.8 Å². The van der Waals surface area contributed by atoms with Crippen molar-refractivity contribution in [3.63, 3.8) is 0 Å². The van der Waals surface area contributed by atoms with E-state index in [0.717, 1.165) is 36.6 Å². The van der Waals surface area contributed by atoms with E-state index in [9.17, 15) is 13.2 Å². The molecule has 2 N–H and O–H groups in total. The molecule has 8 nitrogen and oxygen atoms in total. The average molecular weight is 397 g/mol. The number of pyridine rings is 1. The Bertz CT molecular complexity index is 949. The minimum Gasteiger partial charge on any atom is -0.475 e. The summed E-state index contributed by atoms with van der Waals surface area (Å²) in [4.78, 5) is 17.6. The fraction of sp³-hybridized carbons (Fsp3) is 0.412. The third-order valence-electron chi connectivity index (χ3n) is 4.64. The minimum absolute atomic E-state index is 0.139. The molecule has 28 heavy (non-hydrogen) atoms. The number of fused-ring (bicyclic) bond motifs is 1. The van der Waals surface area contributed by atoms with E-state index in [-0.39, 0.29) is 5.54 Å². The van der Waals surface area contributed by atoms with Gasteiger partial charge >= 0.3 is 12.1 Å². The second-order valence-corrected chi connectivity index (χ2v) is 6.46. The zero-order valence-corrected chi connectivity index (χ0v) is 14.9. The summed E-state index contributed by atoms with van der Waals surface area (Å²) in [6.07, 6.45) is 1.52. The van der Waals surface area contributed by atoms with Crippen LogP contribution < -0.4 is 5.32 Å². The Hall–Kier alpha value is -2.95. The second-order valence-electron chi connectivity index (χ2n) is 6.46. The van der Waals surface area contributed by atoms with Crippen LogP contribution in [0.2, 0.25) is 0 Å². The molecule has 0 aliphatic heterocycles. The van der Waals surface area contributed by atoms with E-state index in [1.54, 1.807) is 0 Å². The van der Waals surface area contributed by atoms with E-state index >= 15 is 0 Å². The summed E-state index contributed by atoms with van der Waals surface area (Å²) in [5.41, 5.74) is 3.18. The smallest absolute Gasteiger partial charge is 0.475 e. The number of carbonyl (C=O) groups is 1. The van der Waals surface area contributed by atoms with Gasteiger partial charge in [0.05, 0.1) is 17.4 Å². The van der Waals surface area contributed by atoms with Crippen molar-refractivity contribution in [2.24, 2.45) is 0 Å². The number of carboxylic acids is 1. The van der Waals surface area contributed by atoms with Crippen molar-refractivity contribution in [1.29, 1.82) is 0 Å². The lowest BCUT2D eigenvalue weighted by Crippen LogP contribution is -2.48. The molecule has 3 aromatic heterocycles. The van der Waals surface area contributed by atoms with Gasteiger partial charge in [0.1, 0.15) is 5.65 Å². The fourth-order valence-corrected chi connectivity index (χ4v) is 3.05. The van der Waals surface area contributed by atoms with Crippen LogP contribution in [0, 0.1) is 6.92 Å². The lowest BCUT2D eigenvalue weighted by molar-refractivity contribution is -0.192. The third-order valence-corrected chi connectivity index (χ3v) is 4.64. The van der Waals surface area contributed by atoms with Gasteiger partial charge in [-0.25, -0.2) is 9.78 Å². The number of hydrogen-bond acceptors (Lipinski definition) is 6. The number of imidazole rings is 1. The molecule has 4 rings (SSSR count). The molecular formula is C17H18F3N5O3. The monoisotopic (exact) mass is 397 g/mol. The number of hydrogen-bond donors (Lipinski definition) is 2. The summed E-state index contributed by atoms with van der Waals surface area (Å²) in [7, 11) is 0. The van der Waals surface area contributed by atoms with Crippen LogP contribution in [0.25, 0.3) is 5.65 Å². The summed E-state index contributed by atoms with van der Waals surface area (Å²) in [5, 5.41) is 14.8. The number of aromatic nitrogens is 4. The Morgan fingerprint density at radius 3 is 2.61 bits per heavy atom. The summed E-state index contributed by atoms with van der Waals surface area (Å²) in [5.74, 6) is -1.99. The maximum Gasteiger partial charge on any atom is 0.490 e. The summed E-state index contributed by atoms with van der Waals surface area (Å²) >= 11 is 0. The van der Waals surface area contributed by atoms with E-state index in [2.05, 4.69) is 37.8 Å². The predicted octanol–water partition coefficient (Wildman–Crippen LogP) is 2.83. The highest BCUT2D eigenvalue weighted by atomic mass is 19.4. The molecule has 0 bridgehead atoms. The van der Waals surface area contributed by atoms with Crippen LogP contribution >= 0.6 is 0 Å². The van der Waals surface area contributed by atoms with Crippen molar-refractivity contribution >= 4 is 11.6 Å². The quantitative estimate of drug-likeness (QED) is 0.697. The lowest BCUT2D eigenvalue weighted by Gasteiger charge is -2.39. The zero-order chi connectivity index (χ0) is 20.4. The molecular weight excluding hydrogens is 379 g/mol. The maximum absolute atomic E-state index is 10.6. The number of carboxylic acid groups (broad SMARTS) is 1. The predicted molar refractivity (Wildman–Crippen MR) is 90.3 cm³/mol. The van der Waals surface area contributed by atoms with Gasteiger partial charge in [0.25, 0.3) is 0 Å².